The van der Waals surface area contributed by atoms with Gasteiger partial charge in [0.25, 0.3) is 0 Å². The molecule has 1 aliphatic carbocycles. The first-order valence-electron chi connectivity index (χ1n) is 8.79. The number of nitrogens with zero attached hydrogens (tertiary/aromatic N) is 6. The predicted molar refractivity (Wildman–Crippen MR) is 98.8 cm³/mol. The van der Waals surface area contributed by atoms with Crippen LogP contribution in [0.1, 0.15) is 31.5 Å². The quantitative estimate of drug-likeness (QED) is 0.664. The molecule has 1 aliphatic rings. The summed E-state index contributed by atoms with van der Waals surface area (Å²) in [6.45, 7) is 0.485. The lowest BCUT2D eigenvalue weighted by atomic mass is 10.2. The summed E-state index contributed by atoms with van der Waals surface area (Å²) in [7, 11) is 1.91. The zero-order chi connectivity index (χ0) is 17.9. The number of nitrogens with one attached hydrogen (secondary N) is 1. The van der Waals surface area contributed by atoms with E-state index in [9.17, 15) is 4.79 Å². The van der Waals surface area contributed by atoms with Crippen molar-refractivity contribution in [3.63, 3.8) is 0 Å². The molecular weight excluding hydrogens is 350 g/mol. The van der Waals surface area contributed by atoms with Gasteiger partial charge in [0.1, 0.15) is 12.1 Å². The summed E-state index contributed by atoms with van der Waals surface area (Å²) in [6.07, 6.45) is 4.61. The fourth-order valence-corrected chi connectivity index (χ4v) is 3.99. The molecule has 2 aromatic heterocycles. The minimum Gasteiger partial charge on any atom is -0.353 e. The van der Waals surface area contributed by atoms with Crippen molar-refractivity contribution in [2.75, 3.05) is 5.75 Å². The average molecular weight is 371 g/mol. The molecule has 0 radical (unpaired) electrons. The third kappa shape index (κ3) is 3.57. The second kappa shape index (κ2) is 7.45. The number of para-hydroxylation sites is 1. The van der Waals surface area contributed by atoms with Crippen molar-refractivity contribution in [2.24, 2.45) is 7.05 Å². The van der Waals surface area contributed by atoms with Gasteiger partial charge in [0.05, 0.1) is 11.3 Å². The molecule has 1 saturated carbocycles. The van der Waals surface area contributed by atoms with E-state index < -0.39 is 0 Å². The molecule has 1 aromatic carbocycles. The molecule has 9 heteroatoms. The van der Waals surface area contributed by atoms with Crippen molar-refractivity contribution in [2.45, 2.75) is 43.4 Å². The summed E-state index contributed by atoms with van der Waals surface area (Å²) >= 11 is 1.41. The topological polar surface area (TPSA) is 90.5 Å². The third-order valence-corrected chi connectivity index (χ3v) is 5.71. The average Bonchev–Trinajstić information content (AvgIpc) is 3.37. The summed E-state index contributed by atoms with van der Waals surface area (Å²) in [5.41, 5.74) is 1.81. The number of rotatable bonds is 6. The zero-order valence-electron chi connectivity index (χ0n) is 14.6. The fraction of sp³-hybridized carbons (Fsp3) is 0.471. The number of amides is 1. The van der Waals surface area contributed by atoms with Crippen molar-refractivity contribution in [1.29, 1.82) is 0 Å². The number of hydrogen-bond acceptors (Lipinski definition) is 6. The maximum Gasteiger partial charge on any atom is 0.230 e. The molecule has 0 bridgehead atoms. The van der Waals surface area contributed by atoms with Gasteiger partial charge in [0.15, 0.2) is 11.0 Å². The van der Waals surface area contributed by atoms with E-state index >= 15 is 0 Å². The molecule has 1 N–H and O–H groups in total. The molecule has 8 nitrogen and oxygen atoms in total. The highest BCUT2D eigenvalue weighted by molar-refractivity contribution is 7.99. The number of carbonyl (C=O) groups excluding carboxylic acids is 1. The van der Waals surface area contributed by atoms with Crippen LogP contribution >= 0.6 is 11.8 Å². The molecule has 26 heavy (non-hydrogen) atoms. The molecule has 3 aromatic rings. The largest absolute Gasteiger partial charge is 0.353 e. The van der Waals surface area contributed by atoms with Gasteiger partial charge in [-0.15, -0.1) is 15.3 Å². The number of hydrogen-bond donors (Lipinski definition) is 1. The van der Waals surface area contributed by atoms with E-state index in [4.69, 9.17) is 0 Å². The minimum atomic E-state index is 0.0636. The highest BCUT2D eigenvalue weighted by atomic mass is 32.2. The zero-order valence-corrected chi connectivity index (χ0v) is 15.4. The summed E-state index contributed by atoms with van der Waals surface area (Å²) in [5, 5.41) is 20.6. The van der Waals surface area contributed by atoms with Gasteiger partial charge in [-0.05, 0) is 25.0 Å². The Morgan fingerprint density at radius 3 is 2.88 bits per heavy atom. The van der Waals surface area contributed by atoms with Gasteiger partial charge in [-0.25, -0.2) is 4.68 Å². The van der Waals surface area contributed by atoms with Gasteiger partial charge in [0.2, 0.25) is 5.91 Å². The van der Waals surface area contributed by atoms with E-state index in [0.29, 0.717) is 18.3 Å². The maximum absolute atomic E-state index is 12.1. The summed E-state index contributed by atoms with van der Waals surface area (Å²) in [5.74, 6) is 1.20. The van der Waals surface area contributed by atoms with Crippen LogP contribution in [0, 0.1) is 0 Å². The van der Waals surface area contributed by atoms with Gasteiger partial charge in [-0.3, -0.25) is 4.79 Å². The monoisotopic (exact) mass is 371 g/mol. The predicted octanol–water partition coefficient (Wildman–Crippen LogP) is 1.76. The lowest BCUT2D eigenvalue weighted by molar-refractivity contribution is -0.119. The van der Waals surface area contributed by atoms with Crippen LogP contribution < -0.4 is 5.32 Å². The third-order valence-electron chi connectivity index (χ3n) is 4.69. The summed E-state index contributed by atoms with van der Waals surface area (Å²) in [6, 6.07) is 8.16. The molecule has 136 valence electrons. The molecule has 0 spiro atoms. The highest BCUT2D eigenvalue weighted by Gasteiger charge is 2.18. The molecule has 1 fully saturated rings. The van der Waals surface area contributed by atoms with Crippen molar-refractivity contribution in [3.8, 4) is 0 Å². The Hall–Kier alpha value is -2.42. The normalized spacial score (nSPS) is 15.0. The Kier molecular flexibility index (Phi) is 4.87. The molecule has 0 unspecified atom stereocenters. The molecule has 0 aliphatic heterocycles. The first-order valence-corrected chi connectivity index (χ1v) is 9.78. The Balaban J connectivity index is 1.39. The van der Waals surface area contributed by atoms with Gasteiger partial charge >= 0.3 is 0 Å². The molecule has 0 atom stereocenters. The van der Waals surface area contributed by atoms with Crippen molar-refractivity contribution < 1.29 is 4.79 Å². The van der Waals surface area contributed by atoms with E-state index in [0.717, 1.165) is 34.9 Å². The number of benzene rings is 1. The van der Waals surface area contributed by atoms with Crippen LogP contribution in [-0.2, 0) is 18.4 Å². The summed E-state index contributed by atoms with van der Waals surface area (Å²) in [4.78, 5) is 12.1. The summed E-state index contributed by atoms with van der Waals surface area (Å²) < 4.78 is 3.71. The van der Waals surface area contributed by atoms with Crippen molar-refractivity contribution in [1.82, 2.24) is 35.1 Å². The standard InChI is InChI=1S/C17H21N7OS/c1-23-15(10-24-14-9-5-4-8-13(14)19-22-24)20-21-17(23)26-11-16(25)18-12-6-2-3-7-12/h4-5,8-9,12H,2-3,6-7,10-11H2,1H3,(H,18,25). The molecule has 1 amide bonds. The van der Waals surface area contributed by atoms with Gasteiger partial charge in [-0.2, -0.15) is 0 Å². The van der Waals surface area contributed by atoms with Crippen LogP contribution in [0.3, 0.4) is 0 Å². The number of thioether (sulfide) groups is 1. The van der Waals surface area contributed by atoms with Crippen LogP contribution in [0.5, 0.6) is 0 Å². The molecule has 4 rings (SSSR count). The number of aromatic nitrogens is 6. The molecular formula is C17H21N7OS. The second-order valence-corrected chi connectivity index (χ2v) is 7.47. The molecule has 2 heterocycles. The van der Waals surface area contributed by atoms with Crippen LogP contribution in [0.25, 0.3) is 11.0 Å². The highest BCUT2D eigenvalue weighted by Crippen LogP contribution is 2.20. The number of fused-ring (bicyclic) bond motifs is 1. The van der Waals surface area contributed by atoms with Crippen LogP contribution in [0.4, 0.5) is 0 Å². The Bertz CT molecular complexity index is 913. The Morgan fingerprint density at radius 1 is 1.23 bits per heavy atom. The smallest absolute Gasteiger partial charge is 0.230 e. The van der Waals surface area contributed by atoms with Gasteiger partial charge in [0, 0.05) is 13.1 Å². The molecule has 0 saturated heterocycles. The van der Waals surface area contributed by atoms with Crippen molar-refractivity contribution in [3.05, 3.63) is 30.1 Å². The Labute approximate surface area is 155 Å². The van der Waals surface area contributed by atoms with Gasteiger partial charge in [-0.1, -0.05) is 41.9 Å². The first-order chi connectivity index (χ1) is 12.7. The first kappa shape index (κ1) is 17.0. The SMILES string of the molecule is Cn1c(Cn2nnc3ccccc32)nnc1SCC(=O)NC1CCCC1. The minimum absolute atomic E-state index is 0.0636. The lowest BCUT2D eigenvalue weighted by Crippen LogP contribution is -2.33. The lowest BCUT2D eigenvalue weighted by Gasteiger charge is -2.11. The van der Waals surface area contributed by atoms with E-state index in [1.54, 1.807) is 4.68 Å². The van der Waals surface area contributed by atoms with E-state index in [-0.39, 0.29) is 5.91 Å². The van der Waals surface area contributed by atoms with Crippen LogP contribution in [-0.4, -0.2) is 47.5 Å². The second-order valence-electron chi connectivity index (χ2n) is 6.53. The number of carbonyl (C=O) groups is 1. The van der Waals surface area contributed by atoms with E-state index in [1.807, 2.05) is 35.9 Å². The Morgan fingerprint density at radius 2 is 2.04 bits per heavy atom. The van der Waals surface area contributed by atoms with Crippen molar-refractivity contribution >= 4 is 28.7 Å². The van der Waals surface area contributed by atoms with E-state index in [2.05, 4.69) is 25.8 Å². The van der Waals surface area contributed by atoms with Crippen LogP contribution in [0.15, 0.2) is 29.4 Å². The van der Waals surface area contributed by atoms with E-state index in [1.165, 1.54) is 24.6 Å². The maximum atomic E-state index is 12.1. The van der Waals surface area contributed by atoms with Gasteiger partial charge < -0.3 is 9.88 Å². The fourth-order valence-electron chi connectivity index (χ4n) is 3.25. The van der Waals surface area contributed by atoms with Crippen LogP contribution in [0.2, 0.25) is 0 Å².